The first-order chi connectivity index (χ1) is 42.1. The van der Waals surface area contributed by atoms with Gasteiger partial charge >= 0.3 is 5.97 Å². The van der Waals surface area contributed by atoms with Crippen molar-refractivity contribution in [3.05, 3.63) is 53.4 Å². The molecule has 1 saturated heterocycles. The third-order valence-corrected chi connectivity index (χ3v) is 15.3. The first kappa shape index (κ1) is 73.4. The molecule has 0 unspecified atom stereocenters. The van der Waals surface area contributed by atoms with Crippen LogP contribution in [0.2, 0.25) is 0 Å². The molecule has 1 aromatic carbocycles. The van der Waals surface area contributed by atoms with Crippen LogP contribution in [-0.4, -0.2) is 197 Å². The monoisotopic (exact) mass is 1250 g/mol. The van der Waals surface area contributed by atoms with Crippen molar-refractivity contribution in [1.29, 1.82) is 0 Å². The van der Waals surface area contributed by atoms with Gasteiger partial charge in [0.05, 0.1) is 25.4 Å². The number of carboxylic acid groups (broad SMARTS) is 1. The molecule has 1 fully saturated rings. The highest BCUT2D eigenvalue weighted by Crippen LogP contribution is 2.23. The lowest BCUT2D eigenvalue weighted by Crippen LogP contribution is -2.60. The number of nitrogens with two attached hydrogens (primary N) is 1. The lowest BCUT2D eigenvalue weighted by atomic mass is 9.92. The number of aliphatic hydroxyl groups excluding tert-OH is 3. The molecule has 89 heavy (non-hydrogen) atoms. The highest BCUT2D eigenvalue weighted by molar-refractivity contribution is 5.98. The normalized spacial score (nSPS) is 18.8. The predicted octanol–water partition coefficient (Wildman–Crippen LogP) is -2.46. The van der Waals surface area contributed by atoms with Crippen LogP contribution in [-0.2, 0) is 72.3 Å². The summed E-state index contributed by atoms with van der Waals surface area (Å²) in [4.78, 5) is 150. The molecule has 10 amide bonds. The molecule has 30 heteroatoms. The van der Waals surface area contributed by atoms with E-state index in [0.717, 1.165) is 0 Å². The number of carboxylic acids is 1. The van der Waals surface area contributed by atoms with Gasteiger partial charge < -0.3 is 84.0 Å². The zero-order valence-corrected chi connectivity index (χ0v) is 51.8. The van der Waals surface area contributed by atoms with Crippen LogP contribution >= 0.6 is 0 Å². The molecule has 2 heterocycles. The van der Waals surface area contributed by atoms with Crippen molar-refractivity contribution in [3.8, 4) is 5.75 Å². The third-order valence-electron chi connectivity index (χ3n) is 15.3. The van der Waals surface area contributed by atoms with Crippen molar-refractivity contribution >= 4 is 65.0 Å². The Morgan fingerprint density at radius 2 is 1.39 bits per heavy atom. The number of aliphatic hydroxyl groups is 3. The quantitative estimate of drug-likeness (QED) is 0.0315. The van der Waals surface area contributed by atoms with Gasteiger partial charge in [-0.2, -0.15) is 0 Å². The van der Waals surface area contributed by atoms with Crippen molar-refractivity contribution < 1.29 is 78.3 Å². The van der Waals surface area contributed by atoms with E-state index in [1.54, 1.807) is 27.0 Å². The van der Waals surface area contributed by atoms with Crippen molar-refractivity contribution in [1.82, 2.24) is 67.7 Å². The molecule has 30 nitrogen and oxygen atoms in total. The lowest BCUT2D eigenvalue weighted by Gasteiger charge is -2.32. The number of nitrogens with zero attached hydrogens (tertiary/aromatic N) is 4. The van der Waals surface area contributed by atoms with Crippen LogP contribution in [0.5, 0.6) is 5.75 Å². The first-order valence-electron chi connectivity index (χ1n) is 30.4. The van der Waals surface area contributed by atoms with E-state index in [2.05, 4.69) is 58.2 Å². The van der Waals surface area contributed by atoms with E-state index in [1.165, 1.54) is 46.8 Å². The van der Waals surface area contributed by atoms with E-state index in [1.807, 2.05) is 20.8 Å². The number of rotatable bonds is 36. The molecular formula is C59H92N14O16. The minimum absolute atomic E-state index is 0.0146. The van der Waals surface area contributed by atoms with Crippen molar-refractivity contribution in [2.24, 2.45) is 23.5 Å². The number of phenols is 1. The van der Waals surface area contributed by atoms with Gasteiger partial charge in [-0.1, -0.05) is 65.3 Å². The van der Waals surface area contributed by atoms with Crippen LogP contribution in [0.1, 0.15) is 130 Å². The number of unbranched alkanes of at least 4 members (excludes halogenated alkanes) is 1. The Labute approximate surface area is 517 Å². The van der Waals surface area contributed by atoms with E-state index >= 15 is 0 Å². The number of aromatic nitrogens is 3. The Morgan fingerprint density at radius 3 is 2.02 bits per heavy atom. The SMILES string of the molecule is CC[C@H](C)[C@H](NC(C)=O)C(=O)N[C@@H](CC(C)C)C(=O)N[C@@H](CCCCN)C(=O)N[C@@H](CCC(=O)O)C(=O)N1CCC[C@H]1C(=O)N[C@H](C(=O)N[C@@H](Cc1ccc(O)cc1)C(=O)NCC(=O)NCCCn1cc(CNC(=O)C2=C[C@@H](O)[C@@H](O)[C@H](O)C2)nn1)C(C)C. The van der Waals surface area contributed by atoms with E-state index in [9.17, 15) is 78.3 Å². The highest BCUT2D eigenvalue weighted by Gasteiger charge is 2.41. The fourth-order valence-corrected chi connectivity index (χ4v) is 10.1. The number of benzene rings is 1. The van der Waals surface area contributed by atoms with Gasteiger partial charge in [0.1, 0.15) is 65.9 Å². The Kier molecular flexibility index (Phi) is 30.0. The molecule has 0 saturated carbocycles. The summed E-state index contributed by atoms with van der Waals surface area (Å²) in [5.74, 6) is -9.18. The molecule has 494 valence electrons. The number of likely N-dealkylation sites (tertiary alicyclic amines) is 1. The summed E-state index contributed by atoms with van der Waals surface area (Å²) < 4.78 is 1.49. The summed E-state index contributed by atoms with van der Waals surface area (Å²) >= 11 is 0. The zero-order chi connectivity index (χ0) is 66.1. The van der Waals surface area contributed by atoms with E-state index < -0.39 is 151 Å². The predicted molar refractivity (Wildman–Crippen MR) is 321 cm³/mol. The van der Waals surface area contributed by atoms with Gasteiger partial charge in [-0.05, 0) is 99.4 Å². The standard InChI is InChI=1S/C59H92N14O16/c1-8-34(6)50(64-35(7)74)58(88)67-42(25-32(2)3)55(85)65-40(13-9-10-21-60)54(84)66-41(19-20-48(79)80)59(89)73-24-11-14-44(73)56(86)69-49(33(4)5)57(87)68-43(26-36-15-17-39(75)18-16-36)53(83)63-30-47(78)61-22-12-23-72-31-38(70-71-72)29-62-52(82)37-27-45(76)51(81)46(77)28-37/h15-18,27,31-34,40-46,49-51,75-77,81H,8-14,19-26,28-30,60H2,1-7H3,(H,61,78)(H,62,82)(H,63,83)(H,64,74)(H,65,85)(H,66,84)(H,67,88)(H,68,87)(H,69,86)(H,79,80)/t34-,40-,41-,42-,43-,44-,45+,46+,49-,50-,51+/m0/s1. The topological polar surface area (TPSA) is 457 Å². The summed E-state index contributed by atoms with van der Waals surface area (Å²) in [5.41, 5.74) is 6.79. The second-order valence-corrected chi connectivity index (χ2v) is 23.5. The van der Waals surface area contributed by atoms with Crippen molar-refractivity contribution in [3.63, 3.8) is 0 Å². The number of phenolic OH excluding ortho intramolecular Hbond substituents is 1. The molecule has 2 aliphatic rings. The fraction of sp³-hybridized carbons (Fsp3) is 0.644. The van der Waals surface area contributed by atoms with E-state index in [-0.39, 0.29) is 81.4 Å². The van der Waals surface area contributed by atoms with Crippen molar-refractivity contribution in [2.45, 2.75) is 199 Å². The molecule has 1 aliphatic heterocycles. The summed E-state index contributed by atoms with van der Waals surface area (Å²) in [6.07, 6.45) is -0.234. The Balaban J connectivity index is 1.41. The summed E-state index contributed by atoms with van der Waals surface area (Å²) in [6.45, 7) is 12.1. The molecule has 0 spiro atoms. The maximum Gasteiger partial charge on any atom is 0.303 e. The average molecular weight is 1250 g/mol. The number of hydrogen-bond donors (Lipinski definition) is 15. The number of nitrogens with one attached hydrogen (secondary N) is 9. The van der Waals surface area contributed by atoms with Gasteiger partial charge in [-0.15, -0.1) is 5.10 Å². The first-order valence-corrected chi connectivity index (χ1v) is 30.4. The molecule has 2 aromatic rings. The van der Waals surface area contributed by atoms with Gasteiger partial charge in [0.15, 0.2) is 0 Å². The maximum absolute atomic E-state index is 14.5. The summed E-state index contributed by atoms with van der Waals surface area (Å²) in [7, 11) is 0. The van der Waals surface area contributed by atoms with Crippen LogP contribution in [0.3, 0.4) is 0 Å². The minimum Gasteiger partial charge on any atom is -0.508 e. The number of hydrogen-bond acceptors (Lipinski definition) is 18. The minimum atomic E-state index is -1.51. The molecule has 4 rings (SSSR count). The van der Waals surface area contributed by atoms with Crippen LogP contribution in [0, 0.1) is 17.8 Å². The van der Waals surface area contributed by atoms with Gasteiger partial charge in [0.25, 0.3) is 0 Å². The molecule has 16 N–H and O–H groups in total. The highest BCUT2D eigenvalue weighted by atomic mass is 16.4. The third kappa shape index (κ3) is 24.1. The molecule has 1 aliphatic carbocycles. The van der Waals surface area contributed by atoms with Crippen LogP contribution < -0.4 is 53.6 Å². The van der Waals surface area contributed by atoms with Gasteiger partial charge in [0.2, 0.25) is 59.1 Å². The van der Waals surface area contributed by atoms with Crippen molar-refractivity contribution in [2.75, 3.05) is 26.2 Å². The van der Waals surface area contributed by atoms with E-state index in [0.29, 0.717) is 49.9 Å². The fourth-order valence-electron chi connectivity index (χ4n) is 10.1. The second kappa shape index (κ2) is 36.4. The number of aliphatic carboxylic acids is 1. The Morgan fingerprint density at radius 1 is 0.742 bits per heavy atom. The Bertz CT molecular complexity index is 2780. The molecule has 0 radical (unpaired) electrons. The summed E-state index contributed by atoms with van der Waals surface area (Å²) in [5, 5.41) is 81.2. The smallest absolute Gasteiger partial charge is 0.303 e. The molecule has 1 aromatic heterocycles. The number of amides is 10. The van der Waals surface area contributed by atoms with Crippen LogP contribution in [0.15, 0.2) is 42.1 Å². The largest absolute Gasteiger partial charge is 0.508 e. The number of carbonyl (C=O) groups excluding carboxylic acids is 10. The zero-order valence-electron chi connectivity index (χ0n) is 51.8. The Hall–Kier alpha value is -8.09. The number of carbonyl (C=O) groups is 11. The summed E-state index contributed by atoms with van der Waals surface area (Å²) in [6, 6.07) is -2.88. The van der Waals surface area contributed by atoms with Gasteiger partial charge in [0, 0.05) is 51.4 Å². The molecule has 11 atom stereocenters. The number of aromatic hydroxyl groups is 1. The van der Waals surface area contributed by atoms with Gasteiger partial charge in [-0.25, -0.2) is 0 Å². The average Bonchev–Trinajstić information content (AvgIpc) is 4.34. The van der Waals surface area contributed by atoms with E-state index in [4.69, 9.17) is 5.73 Å². The van der Waals surface area contributed by atoms with Crippen LogP contribution in [0.25, 0.3) is 0 Å². The lowest BCUT2D eigenvalue weighted by molar-refractivity contribution is -0.144. The van der Waals surface area contributed by atoms with Crippen LogP contribution in [0.4, 0.5) is 0 Å². The number of aryl methyl sites for hydroxylation is 1. The van der Waals surface area contributed by atoms with Gasteiger partial charge in [-0.3, -0.25) is 57.4 Å². The second-order valence-electron chi connectivity index (χ2n) is 23.5. The maximum atomic E-state index is 14.5. The molecular weight excluding hydrogens is 1160 g/mol. The molecule has 0 bridgehead atoms.